The van der Waals surface area contributed by atoms with E-state index in [1.54, 1.807) is 17.0 Å². The third-order valence-corrected chi connectivity index (χ3v) is 8.03. The molecule has 0 aliphatic carbocycles. The fraction of sp³-hybridized carbons (Fsp3) is 0.345. The maximum absolute atomic E-state index is 13.6. The highest BCUT2D eigenvalue weighted by Crippen LogP contribution is 2.36. The van der Waals surface area contributed by atoms with E-state index in [9.17, 15) is 9.59 Å². The van der Waals surface area contributed by atoms with Crippen molar-refractivity contribution >= 4 is 62.5 Å². The van der Waals surface area contributed by atoms with Gasteiger partial charge in [-0.25, -0.2) is 4.99 Å². The molecule has 1 fully saturated rings. The van der Waals surface area contributed by atoms with Gasteiger partial charge in [-0.1, -0.05) is 79.7 Å². The quantitative estimate of drug-likeness (QED) is 0.332. The predicted octanol–water partition coefficient (Wildman–Crippen LogP) is 7.59. The largest absolute Gasteiger partial charge is 0.326 e. The summed E-state index contributed by atoms with van der Waals surface area (Å²) < 4.78 is 0. The van der Waals surface area contributed by atoms with Gasteiger partial charge in [-0.15, -0.1) is 0 Å². The van der Waals surface area contributed by atoms with Crippen molar-refractivity contribution < 1.29 is 9.59 Å². The zero-order valence-corrected chi connectivity index (χ0v) is 22.7. The van der Waals surface area contributed by atoms with Gasteiger partial charge in [0, 0.05) is 28.6 Å². The minimum Gasteiger partial charge on any atom is -0.326 e. The molecule has 0 unspecified atom stereocenters. The molecule has 0 bridgehead atoms. The highest BCUT2D eigenvalue weighted by atomic mass is 35.5. The fourth-order valence-electron chi connectivity index (χ4n) is 4.32. The number of hydrogen-bond acceptors (Lipinski definition) is 4. The molecule has 1 saturated heterocycles. The Kier molecular flexibility index (Phi) is 8.37. The molecule has 2 atom stereocenters. The van der Waals surface area contributed by atoms with Gasteiger partial charge < -0.3 is 5.32 Å². The van der Waals surface area contributed by atoms with E-state index in [0.717, 1.165) is 34.9 Å². The molecule has 0 saturated carbocycles. The van der Waals surface area contributed by atoms with Crippen LogP contribution in [0, 0.1) is 12.8 Å². The molecule has 7 heteroatoms. The van der Waals surface area contributed by atoms with Crippen LogP contribution in [-0.4, -0.2) is 33.2 Å². The van der Waals surface area contributed by atoms with E-state index in [2.05, 4.69) is 38.2 Å². The fourth-order valence-corrected chi connectivity index (χ4v) is 5.74. The highest BCUT2D eigenvalue weighted by molar-refractivity contribution is 8.15. The molecule has 188 valence electrons. The van der Waals surface area contributed by atoms with Crippen molar-refractivity contribution in [1.29, 1.82) is 0 Å². The monoisotopic (exact) mass is 521 g/mol. The van der Waals surface area contributed by atoms with Crippen LogP contribution in [0.4, 0.5) is 11.4 Å². The van der Waals surface area contributed by atoms with Gasteiger partial charge in [-0.3, -0.25) is 14.5 Å². The van der Waals surface area contributed by atoms with E-state index in [0.29, 0.717) is 21.8 Å². The molecule has 3 aromatic rings. The van der Waals surface area contributed by atoms with Crippen molar-refractivity contribution in [3.05, 3.63) is 71.2 Å². The first-order chi connectivity index (χ1) is 17.2. The maximum atomic E-state index is 13.6. The minimum absolute atomic E-state index is 0.00985. The van der Waals surface area contributed by atoms with E-state index >= 15 is 0 Å². The first kappa shape index (κ1) is 26.2. The second-order valence-corrected chi connectivity index (χ2v) is 11.3. The molecule has 0 radical (unpaired) electrons. The average molecular weight is 522 g/mol. The summed E-state index contributed by atoms with van der Waals surface area (Å²) in [5.74, 6) is 0.263. The number of nitrogens with one attached hydrogen (secondary N) is 1. The van der Waals surface area contributed by atoms with Crippen molar-refractivity contribution in [3.63, 3.8) is 0 Å². The molecule has 2 amide bonds. The first-order valence-electron chi connectivity index (χ1n) is 12.4. The van der Waals surface area contributed by atoms with Crippen LogP contribution in [0.1, 0.15) is 45.6 Å². The second-order valence-electron chi connectivity index (χ2n) is 9.69. The van der Waals surface area contributed by atoms with Crippen LogP contribution in [0.2, 0.25) is 5.02 Å². The molecule has 0 spiro atoms. The lowest BCUT2D eigenvalue weighted by atomic mass is 10.0. The van der Waals surface area contributed by atoms with Crippen LogP contribution < -0.4 is 5.32 Å². The number of amidine groups is 1. The lowest BCUT2D eigenvalue weighted by Gasteiger charge is -2.25. The Morgan fingerprint density at radius 1 is 1.06 bits per heavy atom. The third-order valence-electron chi connectivity index (χ3n) is 6.46. The zero-order valence-electron chi connectivity index (χ0n) is 21.1. The molecular formula is C29H32ClN3O2S. The number of anilines is 1. The standard InChI is InChI=1S/C29H32ClN3O2S/c1-18(2)15-16-19(3)33-28(35)26(17-27(34)31-24-13-8-12-23(30)20(24)4)36-29(33)32-25-14-7-10-21-9-5-6-11-22(21)25/h5-14,18-19,26H,15-17H2,1-4H3,(H,31,34)/t19-,26+/m0/s1. The SMILES string of the molecule is Cc1c(Cl)cccc1NC(=O)C[C@H]1SC(=Nc2cccc3ccccc23)N([C@@H](C)CCC(C)C)C1=O. The Hall–Kier alpha value is -2.83. The lowest BCUT2D eigenvalue weighted by molar-refractivity contribution is -0.129. The van der Waals surface area contributed by atoms with Crippen molar-refractivity contribution in [2.45, 2.75) is 58.2 Å². The van der Waals surface area contributed by atoms with E-state index in [1.165, 1.54) is 11.8 Å². The van der Waals surface area contributed by atoms with Gasteiger partial charge in [0.15, 0.2) is 5.17 Å². The van der Waals surface area contributed by atoms with E-state index in [-0.39, 0.29) is 24.3 Å². The molecule has 5 nitrogen and oxygen atoms in total. The molecular weight excluding hydrogens is 490 g/mol. The number of halogens is 1. The zero-order chi connectivity index (χ0) is 25.8. The molecule has 1 N–H and O–H groups in total. The number of nitrogens with zero attached hydrogens (tertiary/aromatic N) is 2. The number of carbonyl (C=O) groups is 2. The second kappa shape index (κ2) is 11.5. The summed E-state index contributed by atoms with van der Waals surface area (Å²) in [5.41, 5.74) is 2.29. The normalized spacial score (nSPS) is 17.8. The van der Waals surface area contributed by atoms with Crippen LogP contribution in [0.5, 0.6) is 0 Å². The number of carbonyl (C=O) groups excluding carboxylic acids is 2. The Balaban J connectivity index is 1.60. The third kappa shape index (κ3) is 5.93. The van der Waals surface area contributed by atoms with Crippen LogP contribution >= 0.6 is 23.4 Å². The summed E-state index contributed by atoms with van der Waals surface area (Å²) in [5, 5.41) is 5.78. The van der Waals surface area contributed by atoms with Crippen LogP contribution in [0.3, 0.4) is 0 Å². The maximum Gasteiger partial charge on any atom is 0.242 e. The Morgan fingerprint density at radius 2 is 1.78 bits per heavy atom. The number of thioether (sulfide) groups is 1. The summed E-state index contributed by atoms with van der Waals surface area (Å²) in [6.45, 7) is 8.30. The Labute approximate surface area is 222 Å². The van der Waals surface area contributed by atoms with Crippen LogP contribution in [0.25, 0.3) is 10.8 Å². The number of benzene rings is 3. The Morgan fingerprint density at radius 3 is 2.56 bits per heavy atom. The summed E-state index contributed by atoms with van der Waals surface area (Å²) in [6.07, 6.45) is 1.95. The molecule has 4 rings (SSSR count). The highest BCUT2D eigenvalue weighted by Gasteiger charge is 2.41. The predicted molar refractivity (Wildman–Crippen MR) is 152 cm³/mol. The topological polar surface area (TPSA) is 61.8 Å². The van der Waals surface area contributed by atoms with Gasteiger partial charge in [0.1, 0.15) is 5.25 Å². The minimum atomic E-state index is -0.528. The number of hydrogen-bond donors (Lipinski definition) is 1. The van der Waals surface area contributed by atoms with E-state index < -0.39 is 5.25 Å². The summed E-state index contributed by atoms with van der Waals surface area (Å²) in [4.78, 5) is 33.3. The van der Waals surface area contributed by atoms with Crippen molar-refractivity contribution in [2.75, 3.05) is 5.32 Å². The number of fused-ring (bicyclic) bond motifs is 1. The molecule has 1 aliphatic rings. The number of rotatable bonds is 8. The van der Waals surface area contributed by atoms with Gasteiger partial charge >= 0.3 is 0 Å². The average Bonchev–Trinajstić information content (AvgIpc) is 3.15. The van der Waals surface area contributed by atoms with Gasteiger partial charge in [0.25, 0.3) is 0 Å². The number of aliphatic imine (C=N–C) groups is 1. The smallest absolute Gasteiger partial charge is 0.242 e. The van der Waals surface area contributed by atoms with Crippen molar-refractivity contribution in [1.82, 2.24) is 4.90 Å². The lowest BCUT2D eigenvalue weighted by Crippen LogP contribution is -2.40. The number of amides is 2. The van der Waals surface area contributed by atoms with Gasteiger partial charge in [0.2, 0.25) is 11.8 Å². The molecule has 1 aliphatic heterocycles. The van der Waals surface area contributed by atoms with E-state index in [4.69, 9.17) is 16.6 Å². The van der Waals surface area contributed by atoms with Crippen molar-refractivity contribution in [2.24, 2.45) is 10.9 Å². The first-order valence-corrected chi connectivity index (χ1v) is 13.6. The summed E-state index contributed by atoms with van der Waals surface area (Å²) in [6, 6.07) is 19.5. The molecule has 3 aromatic carbocycles. The molecule has 36 heavy (non-hydrogen) atoms. The van der Waals surface area contributed by atoms with E-state index in [1.807, 2.05) is 43.3 Å². The van der Waals surface area contributed by atoms with Gasteiger partial charge in [-0.2, -0.15) is 0 Å². The van der Waals surface area contributed by atoms with Gasteiger partial charge in [0.05, 0.1) is 5.69 Å². The Bertz CT molecular complexity index is 1300. The van der Waals surface area contributed by atoms with Crippen LogP contribution in [-0.2, 0) is 9.59 Å². The van der Waals surface area contributed by atoms with Crippen LogP contribution in [0.15, 0.2) is 65.7 Å². The van der Waals surface area contributed by atoms with Gasteiger partial charge in [-0.05, 0) is 61.8 Å². The molecule has 1 heterocycles. The summed E-state index contributed by atoms with van der Waals surface area (Å²) in [7, 11) is 0. The van der Waals surface area contributed by atoms with Crippen molar-refractivity contribution in [3.8, 4) is 0 Å². The molecule has 0 aromatic heterocycles. The summed E-state index contributed by atoms with van der Waals surface area (Å²) >= 11 is 7.58.